The number of ketones is 1. The zero-order valence-corrected chi connectivity index (χ0v) is 18.6. The van der Waals surface area contributed by atoms with Crippen LogP contribution in [0.15, 0.2) is 47.7 Å². The maximum atomic E-state index is 12.8. The first-order chi connectivity index (χ1) is 15.2. The molecule has 0 radical (unpaired) electrons. The Morgan fingerprint density at radius 2 is 2.00 bits per heavy atom. The fraction of sp³-hybridized carbons (Fsp3) is 0.269. The summed E-state index contributed by atoms with van der Waals surface area (Å²) in [6.07, 6.45) is 9.17. The van der Waals surface area contributed by atoms with Crippen molar-refractivity contribution >= 4 is 17.9 Å². The van der Waals surface area contributed by atoms with Gasteiger partial charge >= 0.3 is 0 Å². The number of carbonyl (C=O) groups excluding carboxylic acids is 1. The van der Waals surface area contributed by atoms with Crippen LogP contribution >= 0.6 is 0 Å². The van der Waals surface area contributed by atoms with Crippen LogP contribution in [0.1, 0.15) is 55.1 Å². The number of allylic oxidation sites excluding steroid dienone is 3. The molecule has 32 heavy (non-hydrogen) atoms. The number of phenols is 2. The second-order valence-electron chi connectivity index (χ2n) is 8.44. The molecule has 2 heterocycles. The van der Waals surface area contributed by atoms with Crippen molar-refractivity contribution in [3.8, 4) is 28.7 Å². The Hall–Kier alpha value is -3.67. The van der Waals surface area contributed by atoms with Crippen LogP contribution < -0.4 is 14.2 Å². The van der Waals surface area contributed by atoms with Crippen LogP contribution in [0.4, 0.5) is 0 Å². The lowest BCUT2D eigenvalue weighted by atomic mass is 9.92. The van der Waals surface area contributed by atoms with E-state index in [2.05, 4.69) is 19.9 Å². The highest BCUT2D eigenvalue weighted by Crippen LogP contribution is 2.46. The Morgan fingerprint density at radius 1 is 1.22 bits per heavy atom. The van der Waals surface area contributed by atoms with Crippen LogP contribution in [0.2, 0.25) is 0 Å². The molecule has 2 N–H and O–H groups in total. The Kier molecular flexibility index (Phi) is 5.46. The van der Waals surface area contributed by atoms with Crippen molar-refractivity contribution < 1.29 is 29.2 Å². The number of Topliss-reactive ketones (excluding diaryl/α,β-unsaturated/α-hetero) is 1. The molecule has 0 saturated carbocycles. The predicted molar refractivity (Wildman–Crippen MR) is 122 cm³/mol. The standard InChI is InChI=1S/C26H26O6/c1-15(2)6-5-10-26(3)11-9-17-19(21(30-4)14-20(28)25(17)32-26)13-23-24(29)18-8-7-16(27)12-22(18)31-23/h6-9,11-14,27-28H,5,10H2,1-4H3/t26-/m1/s1. The third kappa shape index (κ3) is 3.96. The second-order valence-corrected chi connectivity index (χ2v) is 8.44. The minimum Gasteiger partial charge on any atom is -0.508 e. The number of hydrogen-bond donors (Lipinski definition) is 2. The van der Waals surface area contributed by atoms with E-state index in [4.69, 9.17) is 14.2 Å². The van der Waals surface area contributed by atoms with E-state index in [0.717, 1.165) is 12.8 Å². The average Bonchev–Trinajstić information content (AvgIpc) is 3.04. The molecular formula is C26H26O6. The lowest BCUT2D eigenvalue weighted by Crippen LogP contribution is -2.32. The Bertz CT molecular complexity index is 1180. The van der Waals surface area contributed by atoms with Crippen LogP contribution in [-0.2, 0) is 0 Å². The number of benzene rings is 2. The summed E-state index contributed by atoms with van der Waals surface area (Å²) < 4.78 is 17.4. The normalized spacial score (nSPS) is 19.8. The van der Waals surface area contributed by atoms with Gasteiger partial charge < -0.3 is 24.4 Å². The number of ether oxygens (including phenoxy) is 3. The minimum absolute atomic E-state index is 0.0149. The van der Waals surface area contributed by atoms with E-state index in [0.29, 0.717) is 33.9 Å². The molecule has 2 aromatic carbocycles. The molecule has 2 aliphatic heterocycles. The van der Waals surface area contributed by atoms with Crippen LogP contribution in [0.3, 0.4) is 0 Å². The molecule has 4 rings (SSSR count). The first-order valence-electron chi connectivity index (χ1n) is 10.4. The summed E-state index contributed by atoms with van der Waals surface area (Å²) in [4.78, 5) is 12.8. The highest BCUT2D eigenvalue weighted by Gasteiger charge is 2.33. The maximum Gasteiger partial charge on any atom is 0.231 e. The van der Waals surface area contributed by atoms with Gasteiger partial charge in [0, 0.05) is 23.3 Å². The lowest BCUT2D eigenvalue weighted by Gasteiger charge is -2.32. The van der Waals surface area contributed by atoms with E-state index in [1.54, 1.807) is 6.08 Å². The summed E-state index contributed by atoms with van der Waals surface area (Å²) in [5.74, 6) is 0.792. The molecule has 6 heteroatoms. The molecular weight excluding hydrogens is 408 g/mol. The highest BCUT2D eigenvalue weighted by molar-refractivity contribution is 6.15. The number of rotatable bonds is 5. The smallest absolute Gasteiger partial charge is 0.231 e. The Balaban J connectivity index is 1.74. The number of phenolic OH excluding ortho intramolecular Hbond substituents is 2. The molecule has 0 saturated heterocycles. The first-order valence-corrected chi connectivity index (χ1v) is 10.4. The van der Waals surface area contributed by atoms with E-state index in [9.17, 15) is 15.0 Å². The summed E-state index contributed by atoms with van der Waals surface area (Å²) in [5, 5.41) is 20.3. The van der Waals surface area contributed by atoms with Gasteiger partial charge in [-0.2, -0.15) is 0 Å². The van der Waals surface area contributed by atoms with E-state index < -0.39 is 5.60 Å². The zero-order valence-electron chi connectivity index (χ0n) is 18.6. The number of carbonyl (C=O) groups is 1. The fourth-order valence-corrected chi connectivity index (χ4v) is 3.87. The van der Waals surface area contributed by atoms with Crippen molar-refractivity contribution in [1.29, 1.82) is 0 Å². The van der Waals surface area contributed by atoms with E-state index in [1.807, 2.05) is 19.1 Å². The van der Waals surface area contributed by atoms with Crippen LogP contribution in [0, 0.1) is 0 Å². The van der Waals surface area contributed by atoms with Crippen LogP contribution in [-0.4, -0.2) is 28.7 Å². The molecule has 0 amide bonds. The predicted octanol–water partition coefficient (Wildman–Crippen LogP) is 5.63. The molecule has 0 fully saturated rings. The zero-order chi connectivity index (χ0) is 23.0. The van der Waals surface area contributed by atoms with Gasteiger partial charge in [0.2, 0.25) is 5.78 Å². The summed E-state index contributed by atoms with van der Waals surface area (Å²) in [7, 11) is 1.49. The topological polar surface area (TPSA) is 85.2 Å². The van der Waals surface area contributed by atoms with Gasteiger partial charge in [-0.05, 0) is 57.9 Å². The van der Waals surface area contributed by atoms with Gasteiger partial charge in [-0.25, -0.2) is 0 Å². The summed E-state index contributed by atoms with van der Waals surface area (Å²) in [6.45, 7) is 6.08. The van der Waals surface area contributed by atoms with Gasteiger partial charge in [-0.15, -0.1) is 0 Å². The van der Waals surface area contributed by atoms with Gasteiger partial charge in [0.15, 0.2) is 17.3 Å². The third-order valence-corrected chi connectivity index (χ3v) is 5.58. The van der Waals surface area contributed by atoms with Crippen molar-refractivity contribution in [2.24, 2.45) is 0 Å². The highest BCUT2D eigenvalue weighted by atomic mass is 16.5. The Labute approximate surface area is 187 Å². The average molecular weight is 434 g/mol. The number of hydrogen-bond acceptors (Lipinski definition) is 6. The molecule has 0 bridgehead atoms. The van der Waals surface area contributed by atoms with Gasteiger partial charge in [0.25, 0.3) is 0 Å². The number of methoxy groups -OCH3 is 1. The quantitative estimate of drug-likeness (QED) is 0.468. The molecule has 2 aliphatic rings. The van der Waals surface area contributed by atoms with Crippen molar-refractivity contribution in [1.82, 2.24) is 0 Å². The second kappa shape index (κ2) is 8.11. The molecule has 2 aromatic rings. The van der Waals surface area contributed by atoms with E-state index in [1.165, 1.54) is 36.9 Å². The van der Waals surface area contributed by atoms with Gasteiger partial charge in [-0.3, -0.25) is 4.79 Å². The third-order valence-electron chi connectivity index (χ3n) is 5.58. The molecule has 166 valence electrons. The SMILES string of the molecule is COc1cc(O)c2c(c1C=C1Oc3cc(O)ccc3C1=O)C=C[C@@](C)(CCC=C(C)C)O2. The largest absolute Gasteiger partial charge is 0.508 e. The van der Waals surface area contributed by atoms with Gasteiger partial charge in [0.05, 0.1) is 12.7 Å². The molecule has 6 nitrogen and oxygen atoms in total. The van der Waals surface area contributed by atoms with Crippen LogP contribution in [0.25, 0.3) is 12.2 Å². The number of fused-ring (bicyclic) bond motifs is 2. The van der Waals surface area contributed by atoms with E-state index >= 15 is 0 Å². The lowest BCUT2D eigenvalue weighted by molar-refractivity contribution is 0.101. The van der Waals surface area contributed by atoms with Gasteiger partial charge in [0.1, 0.15) is 22.8 Å². The molecule has 1 atom stereocenters. The van der Waals surface area contributed by atoms with Crippen molar-refractivity contribution in [3.63, 3.8) is 0 Å². The minimum atomic E-state index is -0.580. The maximum absolute atomic E-state index is 12.8. The summed E-state index contributed by atoms with van der Waals surface area (Å²) in [6, 6.07) is 5.84. The fourth-order valence-electron chi connectivity index (χ4n) is 3.87. The van der Waals surface area contributed by atoms with Gasteiger partial charge in [-0.1, -0.05) is 17.7 Å². The summed E-state index contributed by atoms with van der Waals surface area (Å²) in [5.41, 5.74) is 2.20. The van der Waals surface area contributed by atoms with Crippen molar-refractivity contribution in [3.05, 3.63) is 64.4 Å². The van der Waals surface area contributed by atoms with Crippen LogP contribution in [0.5, 0.6) is 28.7 Å². The van der Waals surface area contributed by atoms with Crippen molar-refractivity contribution in [2.45, 2.75) is 39.2 Å². The molecule has 0 unspecified atom stereocenters. The molecule has 0 aromatic heterocycles. The number of aromatic hydroxyl groups is 2. The molecule has 0 spiro atoms. The Morgan fingerprint density at radius 3 is 2.72 bits per heavy atom. The first kappa shape index (κ1) is 21.6. The van der Waals surface area contributed by atoms with Crippen molar-refractivity contribution in [2.75, 3.05) is 7.11 Å². The monoisotopic (exact) mass is 434 g/mol. The van der Waals surface area contributed by atoms with E-state index in [-0.39, 0.29) is 23.0 Å². The summed E-state index contributed by atoms with van der Waals surface area (Å²) >= 11 is 0. The molecule has 0 aliphatic carbocycles.